The first kappa shape index (κ1) is 8.85. The molecular weight excluding hydrogens is 194 g/mol. The summed E-state index contributed by atoms with van der Waals surface area (Å²) in [5.74, 6) is 1.61. The first-order valence-electron chi connectivity index (χ1n) is 5.08. The molecule has 0 unspecified atom stereocenters. The summed E-state index contributed by atoms with van der Waals surface area (Å²) >= 11 is 0. The van der Waals surface area contributed by atoms with Crippen molar-refractivity contribution in [2.45, 2.75) is 18.3 Å². The monoisotopic (exact) mass is 207 g/mol. The topological polar surface area (TPSA) is 64.7 Å². The average Bonchev–Trinajstić information content (AvgIpc) is 2.90. The lowest BCUT2D eigenvalue weighted by atomic mass is 9.94. The lowest BCUT2D eigenvalue weighted by Gasteiger charge is -2.15. The van der Waals surface area contributed by atoms with Crippen LogP contribution in [0.5, 0.6) is 17.2 Å². The molecule has 0 saturated heterocycles. The van der Waals surface area contributed by atoms with Gasteiger partial charge in [-0.2, -0.15) is 0 Å². The SMILES string of the molecule is NCC1(c2cc(O)cc3c2OCO3)CC1. The van der Waals surface area contributed by atoms with E-state index >= 15 is 0 Å². The summed E-state index contributed by atoms with van der Waals surface area (Å²) in [6, 6.07) is 3.33. The Kier molecular flexibility index (Phi) is 1.65. The molecule has 2 aliphatic rings. The van der Waals surface area contributed by atoms with Crippen LogP contribution in [-0.4, -0.2) is 18.4 Å². The van der Waals surface area contributed by atoms with Crippen molar-refractivity contribution in [3.63, 3.8) is 0 Å². The fraction of sp³-hybridized carbons (Fsp3) is 0.455. The number of benzene rings is 1. The molecule has 4 heteroatoms. The van der Waals surface area contributed by atoms with E-state index in [1.54, 1.807) is 12.1 Å². The summed E-state index contributed by atoms with van der Waals surface area (Å²) in [5.41, 5.74) is 6.78. The Balaban J connectivity index is 2.15. The smallest absolute Gasteiger partial charge is 0.231 e. The number of nitrogens with two attached hydrogens (primary N) is 1. The molecule has 1 aromatic carbocycles. The predicted molar refractivity (Wildman–Crippen MR) is 54.2 cm³/mol. The van der Waals surface area contributed by atoms with Crippen molar-refractivity contribution in [3.8, 4) is 17.2 Å². The molecule has 1 fully saturated rings. The third-order valence-electron chi connectivity index (χ3n) is 3.27. The van der Waals surface area contributed by atoms with E-state index in [2.05, 4.69) is 0 Å². The van der Waals surface area contributed by atoms with Crippen LogP contribution in [0.15, 0.2) is 12.1 Å². The van der Waals surface area contributed by atoms with E-state index in [9.17, 15) is 5.11 Å². The van der Waals surface area contributed by atoms with Crippen LogP contribution in [0.2, 0.25) is 0 Å². The summed E-state index contributed by atoms with van der Waals surface area (Å²) in [7, 11) is 0. The van der Waals surface area contributed by atoms with Gasteiger partial charge in [0.2, 0.25) is 6.79 Å². The van der Waals surface area contributed by atoms with Crippen molar-refractivity contribution in [1.82, 2.24) is 0 Å². The van der Waals surface area contributed by atoms with E-state index in [0.29, 0.717) is 12.3 Å². The first-order valence-corrected chi connectivity index (χ1v) is 5.08. The Morgan fingerprint density at radius 1 is 1.33 bits per heavy atom. The van der Waals surface area contributed by atoms with Gasteiger partial charge in [0.25, 0.3) is 0 Å². The molecule has 3 rings (SSSR count). The maximum absolute atomic E-state index is 9.59. The molecular formula is C11H13NO3. The molecule has 1 aliphatic heterocycles. The molecule has 80 valence electrons. The number of phenolic OH excluding ortho intramolecular Hbond substituents is 1. The molecule has 0 aromatic heterocycles. The van der Waals surface area contributed by atoms with Crippen molar-refractivity contribution in [2.75, 3.05) is 13.3 Å². The Morgan fingerprint density at radius 3 is 2.80 bits per heavy atom. The summed E-state index contributed by atoms with van der Waals surface area (Å²) in [6.45, 7) is 0.818. The molecule has 0 bridgehead atoms. The van der Waals surface area contributed by atoms with Crippen molar-refractivity contribution in [3.05, 3.63) is 17.7 Å². The molecule has 0 radical (unpaired) electrons. The maximum Gasteiger partial charge on any atom is 0.231 e. The van der Waals surface area contributed by atoms with E-state index in [4.69, 9.17) is 15.2 Å². The van der Waals surface area contributed by atoms with E-state index in [1.165, 1.54) is 0 Å². The van der Waals surface area contributed by atoms with Gasteiger partial charge >= 0.3 is 0 Å². The standard InChI is InChI=1S/C11H13NO3/c12-5-11(1-2-11)8-3-7(13)4-9-10(8)15-6-14-9/h3-4,13H,1-2,5-6,12H2. The zero-order valence-electron chi connectivity index (χ0n) is 8.32. The van der Waals surface area contributed by atoms with E-state index in [-0.39, 0.29) is 18.0 Å². The molecule has 1 aromatic rings. The Labute approximate surface area is 87.6 Å². The fourth-order valence-electron chi connectivity index (χ4n) is 2.12. The van der Waals surface area contributed by atoms with Gasteiger partial charge in [0, 0.05) is 23.6 Å². The molecule has 3 N–H and O–H groups in total. The normalized spacial score (nSPS) is 20.3. The van der Waals surface area contributed by atoms with Crippen molar-refractivity contribution < 1.29 is 14.6 Å². The third-order valence-corrected chi connectivity index (χ3v) is 3.27. The highest BCUT2D eigenvalue weighted by atomic mass is 16.7. The largest absolute Gasteiger partial charge is 0.508 e. The second-order valence-electron chi connectivity index (χ2n) is 4.21. The lowest BCUT2D eigenvalue weighted by molar-refractivity contribution is 0.172. The van der Waals surface area contributed by atoms with Gasteiger partial charge in [-0.3, -0.25) is 0 Å². The molecule has 0 spiro atoms. The first-order chi connectivity index (χ1) is 7.25. The van der Waals surface area contributed by atoms with Crippen LogP contribution in [-0.2, 0) is 5.41 Å². The van der Waals surface area contributed by atoms with Gasteiger partial charge in [0.1, 0.15) is 5.75 Å². The van der Waals surface area contributed by atoms with Crippen LogP contribution in [0.4, 0.5) is 0 Å². The number of phenols is 1. The fourth-order valence-corrected chi connectivity index (χ4v) is 2.12. The molecule has 1 heterocycles. The summed E-state index contributed by atoms with van der Waals surface area (Å²) < 4.78 is 10.7. The van der Waals surface area contributed by atoms with Crippen molar-refractivity contribution in [2.24, 2.45) is 5.73 Å². The number of hydrogen-bond donors (Lipinski definition) is 2. The predicted octanol–water partition coefficient (Wildman–Crippen LogP) is 1.11. The maximum atomic E-state index is 9.59. The van der Waals surface area contributed by atoms with E-state index in [1.807, 2.05) is 0 Å². The number of aromatic hydroxyl groups is 1. The zero-order valence-corrected chi connectivity index (χ0v) is 8.32. The lowest BCUT2D eigenvalue weighted by Crippen LogP contribution is -2.20. The summed E-state index contributed by atoms with van der Waals surface area (Å²) in [4.78, 5) is 0. The van der Waals surface area contributed by atoms with Gasteiger partial charge in [-0.25, -0.2) is 0 Å². The van der Waals surface area contributed by atoms with Crippen LogP contribution < -0.4 is 15.2 Å². The van der Waals surface area contributed by atoms with Gasteiger partial charge in [-0.1, -0.05) is 0 Å². The molecule has 1 aliphatic carbocycles. The number of rotatable bonds is 2. The minimum atomic E-state index is 0.0104. The van der Waals surface area contributed by atoms with Gasteiger partial charge < -0.3 is 20.3 Å². The second-order valence-corrected chi connectivity index (χ2v) is 4.21. The number of hydrogen-bond acceptors (Lipinski definition) is 4. The third kappa shape index (κ3) is 1.18. The van der Waals surface area contributed by atoms with Crippen LogP contribution >= 0.6 is 0 Å². The van der Waals surface area contributed by atoms with Gasteiger partial charge in [-0.05, 0) is 18.9 Å². The van der Waals surface area contributed by atoms with Gasteiger partial charge in [0.15, 0.2) is 11.5 Å². The van der Waals surface area contributed by atoms with Crippen LogP contribution in [0.25, 0.3) is 0 Å². The molecule has 0 atom stereocenters. The van der Waals surface area contributed by atoms with E-state index in [0.717, 1.165) is 24.2 Å². The Morgan fingerprint density at radius 2 is 2.13 bits per heavy atom. The van der Waals surface area contributed by atoms with Crippen LogP contribution in [0.3, 0.4) is 0 Å². The van der Waals surface area contributed by atoms with Crippen LogP contribution in [0, 0.1) is 0 Å². The van der Waals surface area contributed by atoms with Crippen LogP contribution in [0.1, 0.15) is 18.4 Å². The highest BCUT2D eigenvalue weighted by Gasteiger charge is 2.46. The van der Waals surface area contributed by atoms with Gasteiger partial charge in [-0.15, -0.1) is 0 Å². The Bertz CT molecular complexity index is 413. The highest BCUT2D eigenvalue weighted by Crippen LogP contribution is 2.54. The zero-order chi connectivity index (χ0) is 10.5. The molecule has 15 heavy (non-hydrogen) atoms. The average molecular weight is 207 g/mol. The number of ether oxygens (including phenoxy) is 2. The number of fused-ring (bicyclic) bond motifs is 1. The summed E-state index contributed by atoms with van der Waals surface area (Å²) in [5, 5.41) is 9.59. The summed E-state index contributed by atoms with van der Waals surface area (Å²) in [6.07, 6.45) is 2.12. The molecule has 4 nitrogen and oxygen atoms in total. The highest BCUT2D eigenvalue weighted by molar-refractivity contribution is 5.57. The minimum absolute atomic E-state index is 0.0104. The molecule has 1 saturated carbocycles. The van der Waals surface area contributed by atoms with E-state index < -0.39 is 0 Å². The quantitative estimate of drug-likeness (QED) is 0.762. The van der Waals surface area contributed by atoms with Crippen molar-refractivity contribution >= 4 is 0 Å². The second kappa shape index (κ2) is 2.79. The Hall–Kier alpha value is -1.42. The minimum Gasteiger partial charge on any atom is -0.508 e. The van der Waals surface area contributed by atoms with Gasteiger partial charge in [0.05, 0.1) is 0 Å². The molecule has 0 amide bonds. The van der Waals surface area contributed by atoms with Crippen molar-refractivity contribution in [1.29, 1.82) is 0 Å².